The number of nitriles is 2. The first-order chi connectivity index (χ1) is 11.9. The lowest BCUT2D eigenvalue weighted by Crippen LogP contribution is -2.11. The van der Waals surface area contributed by atoms with Crippen molar-refractivity contribution in [3.63, 3.8) is 0 Å². The zero-order valence-electron chi connectivity index (χ0n) is 13.5. The third kappa shape index (κ3) is 2.98. The molecule has 0 saturated heterocycles. The van der Waals surface area contributed by atoms with E-state index in [2.05, 4.69) is 38.0 Å². The van der Waals surface area contributed by atoms with Crippen molar-refractivity contribution in [1.29, 1.82) is 10.5 Å². The van der Waals surface area contributed by atoms with Crippen LogP contribution < -0.4 is 5.56 Å². The van der Waals surface area contributed by atoms with Gasteiger partial charge in [0, 0.05) is 17.2 Å². The monoisotopic (exact) mass is 393 g/mol. The van der Waals surface area contributed by atoms with E-state index in [-0.39, 0.29) is 17.0 Å². The van der Waals surface area contributed by atoms with E-state index in [9.17, 15) is 10.1 Å². The van der Waals surface area contributed by atoms with Crippen molar-refractivity contribution in [2.45, 2.75) is 6.92 Å². The summed E-state index contributed by atoms with van der Waals surface area (Å²) >= 11 is 3.32. The second kappa shape index (κ2) is 6.39. The second-order valence-electron chi connectivity index (χ2n) is 5.49. The van der Waals surface area contributed by atoms with Crippen LogP contribution >= 0.6 is 15.9 Å². The summed E-state index contributed by atoms with van der Waals surface area (Å²) in [6.45, 7) is 1.86. The fourth-order valence-electron chi connectivity index (χ4n) is 2.52. The van der Waals surface area contributed by atoms with Crippen LogP contribution in [-0.4, -0.2) is 14.5 Å². The topological polar surface area (TPSA) is 98.3 Å². The van der Waals surface area contributed by atoms with Crippen LogP contribution in [0.3, 0.4) is 0 Å². The fourth-order valence-corrected chi connectivity index (χ4v) is 2.88. The van der Waals surface area contributed by atoms with Crippen LogP contribution in [0.1, 0.15) is 22.8 Å². The molecule has 0 fully saturated rings. The first kappa shape index (κ1) is 16.7. The fraction of sp³-hybridized carbons (Fsp3) is 0.111. The van der Waals surface area contributed by atoms with Gasteiger partial charge < -0.3 is 9.55 Å². The lowest BCUT2D eigenvalue weighted by Gasteiger charge is -2.03. The molecule has 25 heavy (non-hydrogen) atoms. The van der Waals surface area contributed by atoms with Crippen LogP contribution in [0.5, 0.6) is 0 Å². The summed E-state index contributed by atoms with van der Waals surface area (Å²) in [4.78, 5) is 19.3. The molecular formula is C18H12BrN5O. The molecule has 0 spiro atoms. The quantitative estimate of drug-likeness (QED) is 0.675. The van der Waals surface area contributed by atoms with Gasteiger partial charge in [0.2, 0.25) is 0 Å². The Balaban J connectivity index is 2.19. The second-order valence-corrected chi connectivity index (χ2v) is 6.40. The normalized spacial score (nSPS) is 11.3. The van der Waals surface area contributed by atoms with Crippen molar-refractivity contribution < 1.29 is 0 Å². The Morgan fingerprint density at radius 1 is 1.36 bits per heavy atom. The molecule has 0 saturated carbocycles. The predicted octanol–water partition coefficient (Wildman–Crippen LogP) is 3.27. The minimum absolute atomic E-state index is 0.198. The molecule has 2 aromatic heterocycles. The molecule has 3 rings (SSSR count). The summed E-state index contributed by atoms with van der Waals surface area (Å²) in [5, 5.41) is 19.1. The number of nitrogens with one attached hydrogen (secondary N) is 1. The Bertz CT molecular complexity index is 1170. The molecule has 2 heterocycles. The third-order valence-corrected chi connectivity index (χ3v) is 4.53. The lowest BCUT2D eigenvalue weighted by molar-refractivity contribution is 0.865. The number of fused-ring (bicyclic) bond motifs is 1. The van der Waals surface area contributed by atoms with E-state index in [1.807, 2.05) is 6.92 Å². The zero-order chi connectivity index (χ0) is 18.1. The van der Waals surface area contributed by atoms with E-state index >= 15 is 0 Å². The molecule has 0 aliphatic carbocycles. The van der Waals surface area contributed by atoms with Crippen molar-refractivity contribution in [3.05, 3.63) is 61.9 Å². The van der Waals surface area contributed by atoms with Crippen molar-refractivity contribution in [3.8, 4) is 12.1 Å². The molecule has 0 atom stereocenters. The molecule has 1 N–H and O–H groups in total. The van der Waals surface area contributed by atoms with Gasteiger partial charge in [-0.1, -0.05) is 15.9 Å². The smallest absolute Gasteiger partial charge is 0.259 e. The van der Waals surface area contributed by atoms with Gasteiger partial charge in [-0.3, -0.25) is 4.79 Å². The average molecular weight is 394 g/mol. The molecule has 7 heteroatoms. The molecule has 0 bridgehead atoms. The number of allylic oxidation sites excluding steroid dienone is 1. The summed E-state index contributed by atoms with van der Waals surface area (Å²) in [6, 6.07) is 11.1. The highest BCUT2D eigenvalue weighted by molar-refractivity contribution is 9.10. The number of halogens is 1. The van der Waals surface area contributed by atoms with Crippen molar-refractivity contribution in [2.75, 3.05) is 0 Å². The average Bonchev–Trinajstić information content (AvgIpc) is 2.87. The van der Waals surface area contributed by atoms with Crippen LogP contribution in [0.15, 0.2) is 33.5 Å². The maximum Gasteiger partial charge on any atom is 0.259 e. The standard InChI is InChI=1S/C18H12BrN5O/c1-10-11(6-14(9-21)24(10)2)5-12(8-20)17-22-16-4-3-13(19)7-15(16)18(25)23-17/h3-7H,1-2H3,(H,22,23,25)/b12-5-. The number of hydrogen-bond acceptors (Lipinski definition) is 4. The van der Waals surface area contributed by atoms with Gasteiger partial charge >= 0.3 is 0 Å². The number of hydrogen-bond donors (Lipinski definition) is 1. The first-order valence-corrected chi connectivity index (χ1v) is 8.12. The van der Waals surface area contributed by atoms with E-state index in [1.165, 1.54) is 0 Å². The maximum absolute atomic E-state index is 12.3. The maximum atomic E-state index is 12.3. The molecule has 0 aliphatic rings. The highest BCUT2D eigenvalue weighted by Gasteiger charge is 2.12. The van der Waals surface area contributed by atoms with Gasteiger partial charge in [-0.15, -0.1) is 0 Å². The largest absolute Gasteiger partial charge is 0.339 e. The van der Waals surface area contributed by atoms with Gasteiger partial charge in [0.15, 0.2) is 5.82 Å². The van der Waals surface area contributed by atoms with E-state index in [0.29, 0.717) is 16.6 Å². The molecule has 0 amide bonds. The van der Waals surface area contributed by atoms with E-state index in [0.717, 1.165) is 15.7 Å². The Hall–Kier alpha value is -3.16. The molecule has 0 aliphatic heterocycles. The molecule has 122 valence electrons. The van der Waals surface area contributed by atoms with Gasteiger partial charge in [0.1, 0.15) is 17.8 Å². The SMILES string of the molecule is Cc1c(/C=C(/C#N)c2nc3ccc(Br)cc3c(=O)[nH]2)cc(C#N)n1C. The highest BCUT2D eigenvalue weighted by Crippen LogP contribution is 2.21. The minimum Gasteiger partial charge on any atom is -0.339 e. The van der Waals surface area contributed by atoms with E-state index in [4.69, 9.17) is 5.26 Å². The van der Waals surface area contributed by atoms with Crippen molar-refractivity contribution >= 4 is 38.5 Å². The number of rotatable bonds is 2. The summed E-state index contributed by atoms with van der Waals surface area (Å²) in [5.41, 5.74) is 2.48. The van der Waals surface area contributed by atoms with Gasteiger partial charge in [-0.2, -0.15) is 10.5 Å². The summed E-state index contributed by atoms with van der Waals surface area (Å²) in [5.74, 6) is 0.198. The van der Waals surface area contributed by atoms with E-state index < -0.39 is 0 Å². The predicted molar refractivity (Wildman–Crippen MR) is 98.4 cm³/mol. The van der Waals surface area contributed by atoms with Crippen molar-refractivity contribution in [1.82, 2.24) is 14.5 Å². The lowest BCUT2D eigenvalue weighted by atomic mass is 10.1. The number of aromatic amines is 1. The highest BCUT2D eigenvalue weighted by atomic mass is 79.9. The van der Waals surface area contributed by atoms with Gasteiger partial charge in [0.05, 0.1) is 16.5 Å². The van der Waals surface area contributed by atoms with Crippen LogP contribution in [0.25, 0.3) is 22.6 Å². The number of aromatic nitrogens is 3. The zero-order valence-corrected chi connectivity index (χ0v) is 15.0. The molecule has 3 aromatic rings. The van der Waals surface area contributed by atoms with Crippen LogP contribution in [0.2, 0.25) is 0 Å². The number of nitrogens with zero attached hydrogens (tertiary/aromatic N) is 4. The molecule has 0 unspecified atom stereocenters. The third-order valence-electron chi connectivity index (χ3n) is 4.03. The summed E-state index contributed by atoms with van der Waals surface area (Å²) in [7, 11) is 1.78. The summed E-state index contributed by atoms with van der Waals surface area (Å²) in [6.07, 6.45) is 1.62. The Morgan fingerprint density at radius 2 is 2.12 bits per heavy atom. The van der Waals surface area contributed by atoms with Crippen LogP contribution in [-0.2, 0) is 7.05 Å². The summed E-state index contributed by atoms with van der Waals surface area (Å²) < 4.78 is 2.52. The van der Waals surface area contributed by atoms with Gasteiger partial charge in [-0.25, -0.2) is 4.98 Å². The van der Waals surface area contributed by atoms with Crippen LogP contribution in [0.4, 0.5) is 0 Å². The first-order valence-electron chi connectivity index (χ1n) is 7.32. The van der Waals surface area contributed by atoms with Gasteiger partial charge in [-0.05, 0) is 42.8 Å². The van der Waals surface area contributed by atoms with Gasteiger partial charge in [0.25, 0.3) is 5.56 Å². The van der Waals surface area contributed by atoms with Crippen molar-refractivity contribution in [2.24, 2.45) is 7.05 Å². The Labute approximate surface area is 151 Å². The molecule has 1 aromatic carbocycles. The van der Waals surface area contributed by atoms with E-state index in [1.54, 1.807) is 42.0 Å². The minimum atomic E-state index is -0.315. The number of H-pyrrole nitrogens is 1. The number of benzene rings is 1. The Kier molecular flexibility index (Phi) is 4.26. The molecule has 6 nitrogen and oxygen atoms in total. The molecule has 0 radical (unpaired) electrons. The Morgan fingerprint density at radius 3 is 2.76 bits per heavy atom. The molecular weight excluding hydrogens is 382 g/mol. The van der Waals surface area contributed by atoms with Crippen LogP contribution in [0, 0.1) is 29.6 Å².